The molecule has 0 radical (unpaired) electrons. The predicted octanol–water partition coefficient (Wildman–Crippen LogP) is 5.05. The Morgan fingerprint density at radius 1 is 1.02 bits per heavy atom. The van der Waals surface area contributed by atoms with Gasteiger partial charge in [-0.05, 0) is 62.8 Å². The highest BCUT2D eigenvalue weighted by atomic mass is 35.5. The molecule has 6 rings (SSSR count). The zero-order chi connectivity index (χ0) is 27.6. The number of nitrogens with two attached hydrogens (primary N) is 1. The van der Waals surface area contributed by atoms with Gasteiger partial charge in [-0.15, -0.1) is 0 Å². The Balaban J connectivity index is 1.26. The van der Waals surface area contributed by atoms with Crippen LogP contribution < -0.4 is 21.3 Å². The fourth-order valence-electron chi connectivity index (χ4n) is 5.75. The van der Waals surface area contributed by atoms with Gasteiger partial charge in [-0.3, -0.25) is 14.3 Å². The highest BCUT2D eigenvalue weighted by Gasteiger charge is 2.30. The van der Waals surface area contributed by atoms with Gasteiger partial charge in [-0.1, -0.05) is 17.7 Å². The molecule has 4 heterocycles. The second kappa shape index (κ2) is 11.2. The van der Waals surface area contributed by atoms with Crippen molar-refractivity contribution in [3.8, 4) is 0 Å². The number of hydrogen-bond donors (Lipinski definition) is 3. The van der Waals surface area contributed by atoms with E-state index in [9.17, 15) is 9.18 Å². The molecule has 3 aromatic heterocycles. The van der Waals surface area contributed by atoms with Crippen LogP contribution in [0, 0.1) is 11.7 Å². The molecule has 1 amide bonds. The van der Waals surface area contributed by atoms with Crippen molar-refractivity contribution in [3.05, 3.63) is 59.8 Å². The van der Waals surface area contributed by atoms with Crippen LogP contribution in [0.15, 0.2) is 48.9 Å². The van der Waals surface area contributed by atoms with Crippen LogP contribution in [-0.2, 0) is 4.79 Å². The number of benzene rings is 1. The average Bonchev–Trinajstić information content (AvgIpc) is 3.33. The molecule has 2 aliphatic rings. The molecule has 0 bridgehead atoms. The summed E-state index contributed by atoms with van der Waals surface area (Å²) in [5.41, 5.74) is 8.08. The number of fused-ring (bicyclic) bond motifs is 1. The number of para-hydroxylation sites is 1. The van der Waals surface area contributed by atoms with Crippen LogP contribution in [-0.4, -0.2) is 49.5 Å². The van der Waals surface area contributed by atoms with Gasteiger partial charge >= 0.3 is 0 Å². The number of amides is 1. The Labute approximate surface area is 236 Å². The number of pyridine rings is 1. The highest BCUT2D eigenvalue weighted by Crippen LogP contribution is 2.38. The van der Waals surface area contributed by atoms with Crippen LogP contribution in [0.3, 0.4) is 0 Å². The number of nitrogens with zero attached hydrogens (tertiary/aromatic N) is 6. The van der Waals surface area contributed by atoms with Crippen molar-refractivity contribution >= 4 is 51.9 Å². The molecule has 4 aromatic rings. The molecule has 208 valence electrons. The van der Waals surface area contributed by atoms with Crippen molar-refractivity contribution in [1.82, 2.24) is 24.5 Å². The number of rotatable bonds is 7. The van der Waals surface area contributed by atoms with Gasteiger partial charge < -0.3 is 21.3 Å². The molecule has 1 aliphatic heterocycles. The largest absolute Gasteiger partial charge is 0.370 e. The summed E-state index contributed by atoms with van der Waals surface area (Å²) in [5, 5.41) is 6.86. The molecule has 1 aliphatic carbocycles. The zero-order valence-corrected chi connectivity index (χ0v) is 22.7. The van der Waals surface area contributed by atoms with Crippen molar-refractivity contribution in [1.29, 1.82) is 0 Å². The molecule has 0 spiro atoms. The third-order valence-corrected chi connectivity index (χ3v) is 8.25. The van der Waals surface area contributed by atoms with Crippen LogP contribution in [0.2, 0.25) is 5.02 Å². The first kappa shape index (κ1) is 26.2. The molecule has 1 saturated carbocycles. The lowest BCUT2D eigenvalue weighted by Crippen LogP contribution is -2.39. The molecule has 10 nitrogen and oxygen atoms in total. The van der Waals surface area contributed by atoms with Gasteiger partial charge in [0.25, 0.3) is 0 Å². The third kappa shape index (κ3) is 5.38. The van der Waals surface area contributed by atoms with Crippen LogP contribution in [0.4, 0.5) is 27.7 Å². The van der Waals surface area contributed by atoms with E-state index in [-0.39, 0.29) is 34.6 Å². The number of carbonyl (C=O) groups is 1. The molecule has 0 unspecified atom stereocenters. The van der Waals surface area contributed by atoms with E-state index in [4.69, 9.17) is 27.3 Å². The van der Waals surface area contributed by atoms with Gasteiger partial charge in [0, 0.05) is 37.3 Å². The minimum atomic E-state index is -0.477. The molecular weight excluding hydrogens is 533 g/mol. The number of hydrogen-bond acceptors (Lipinski definition) is 8. The summed E-state index contributed by atoms with van der Waals surface area (Å²) in [5.74, 6) is 0.0618. The van der Waals surface area contributed by atoms with Crippen molar-refractivity contribution < 1.29 is 9.18 Å². The number of anilines is 4. The lowest BCUT2D eigenvalue weighted by Gasteiger charge is -2.33. The number of primary amides is 1. The minimum absolute atomic E-state index is 0.000815. The number of piperidine rings is 1. The quantitative estimate of drug-likeness (QED) is 0.285. The first-order valence-corrected chi connectivity index (χ1v) is 14.0. The van der Waals surface area contributed by atoms with Gasteiger partial charge in [0.2, 0.25) is 17.8 Å². The highest BCUT2D eigenvalue weighted by molar-refractivity contribution is 6.33. The molecule has 1 saturated heterocycles. The van der Waals surface area contributed by atoms with E-state index in [0.29, 0.717) is 35.9 Å². The number of nitrogens with one attached hydrogen (secondary N) is 2. The van der Waals surface area contributed by atoms with Gasteiger partial charge in [-0.25, -0.2) is 14.4 Å². The molecule has 40 heavy (non-hydrogen) atoms. The summed E-state index contributed by atoms with van der Waals surface area (Å²) >= 11 is 6.32. The summed E-state index contributed by atoms with van der Waals surface area (Å²) in [7, 11) is 0. The van der Waals surface area contributed by atoms with E-state index in [2.05, 4.69) is 31.6 Å². The number of imidazole rings is 1. The first-order valence-electron chi connectivity index (χ1n) is 13.6. The zero-order valence-electron chi connectivity index (χ0n) is 21.9. The lowest BCUT2D eigenvalue weighted by molar-refractivity contribution is -0.122. The Morgan fingerprint density at radius 3 is 2.52 bits per heavy atom. The summed E-state index contributed by atoms with van der Waals surface area (Å²) in [6.45, 7) is 1.81. The van der Waals surface area contributed by atoms with Crippen LogP contribution >= 0.6 is 11.6 Å². The molecule has 2 fully saturated rings. The second-order valence-electron chi connectivity index (χ2n) is 10.5. The maximum absolute atomic E-state index is 14.7. The van der Waals surface area contributed by atoms with E-state index >= 15 is 0 Å². The average molecular weight is 564 g/mol. The normalized spacial score (nSPS) is 20.0. The summed E-state index contributed by atoms with van der Waals surface area (Å²) in [6, 6.07) is 8.79. The summed E-state index contributed by atoms with van der Waals surface area (Å²) < 4.78 is 16.7. The van der Waals surface area contributed by atoms with Gasteiger partial charge in [0.05, 0.1) is 28.8 Å². The van der Waals surface area contributed by atoms with E-state index < -0.39 is 5.82 Å². The first-order chi connectivity index (χ1) is 19.5. The molecule has 4 N–H and O–H groups in total. The fourth-order valence-corrected chi connectivity index (χ4v) is 5.96. The Bertz CT molecular complexity index is 1480. The predicted molar refractivity (Wildman–Crippen MR) is 153 cm³/mol. The SMILES string of the molecule is NC(=O)[C@H]1CC[C@H](n2c(Nc3c(F)cccc3Cl)nc3cnc(NC4CCN(c5cccnc5)CC4)nc32)CC1. The topological polar surface area (TPSA) is 127 Å². The van der Waals surface area contributed by atoms with Crippen molar-refractivity contribution in [3.63, 3.8) is 0 Å². The monoisotopic (exact) mass is 563 g/mol. The number of aromatic nitrogens is 5. The van der Waals surface area contributed by atoms with Crippen molar-refractivity contribution in [2.24, 2.45) is 11.7 Å². The van der Waals surface area contributed by atoms with Crippen LogP contribution in [0.25, 0.3) is 11.2 Å². The molecule has 1 aromatic carbocycles. The van der Waals surface area contributed by atoms with Gasteiger partial charge in [0.15, 0.2) is 5.65 Å². The van der Waals surface area contributed by atoms with Crippen LogP contribution in [0.5, 0.6) is 0 Å². The molecular formula is C28H31ClFN9O. The minimum Gasteiger partial charge on any atom is -0.370 e. The van der Waals surface area contributed by atoms with E-state index in [1.54, 1.807) is 24.5 Å². The van der Waals surface area contributed by atoms with E-state index in [1.807, 2.05) is 16.8 Å². The fraction of sp³-hybridized carbons (Fsp3) is 0.393. The standard InChI is InChI=1S/C28H31ClFN9O/c29-21-4-1-5-22(30)24(21)36-28-35-23-16-33-27(34-18-10-13-38(14-11-18)20-3-2-12-32-15-20)37-26(23)39(28)19-8-6-17(7-9-19)25(31)40/h1-5,12,15-19H,6-11,13-14H2,(H2,31,40)(H,35,36)(H,33,34,37)/t17-,19-. The summed E-state index contributed by atoms with van der Waals surface area (Å²) in [6.07, 6.45) is 10.0. The summed E-state index contributed by atoms with van der Waals surface area (Å²) in [4.78, 5) is 32.5. The Kier molecular flexibility index (Phi) is 7.38. The number of halogens is 2. The van der Waals surface area contributed by atoms with Gasteiger partial charge in [0.1, 0.15) is 11.3 Å². The lowest BCUT2D eigenvalue weighted by atomic mass is 9.85. The maximum Gasteiger partial charge on any atom is 0.224 e. The smallest absolute Gasteiger partial charge is 0.224 e. The third-order valence-electron chi connectivity index (χ3n) is 7.94. The maximum atomic E-state index is 14.7. The van der Waals surface area contributed by atoms with E-state index in [0.717, 1.165) is 44.5 Å². The second-order valence-corrected chi connectivity index (χ2v) is 10.9. The number of carbonyl (C=O) groups excluding carboxylic acids is 1. The van der Waals surface area contributed by atoms with Crippen molar-refractivity contribution in [2.45, 2.75) is 50.6 Å². The Morgan fingerprint density at radius 2 is 1.82 bits per heavy atom. The van der Waals surface area contributed by atoms with Crippen molar-refractivity contribution in [2.75, 3.05) is 28.6 Å². The van der Waals surface area contributed by atoms with E-state index in [1.165, 1.54) is 6.07 Å². The Hall–Kier alpha value is -3.99. The molecule has 12 heteroatoms. The van der Waals surface area contributed by atoms with Crippen LogP contribution in [0.1, 0.15) is 44.6 Å². The molecule has 0 atom stereocenters. The van der Waals surface area contributed by atoms with Gasteiger partial charge in [-0.2, -0.15) is 4.98 Å².